The summed E-state index contributed by atoms with van der Waals surface area (Å²) in [4.78, 5) is 16.4. The Morgan fingerprint density at radius 1 is 0.778 bits per heavy atom. The van der Waals surface area contributed by atoms with Gasteiger partial charge in [-0.3, -0.25) is 4.79 Å². The topological polar surface area (TPSA) is 81.8 Å². The third-order valence-corrected chi connectivity index (χ3v) is 5.98. The molecule has 0 fully saturated rings. The average Bonchev–Trinajstić information content (AvgIpc) is 3.35. The smallest absolute Gasteiger partial charge is 0.272 e. The van der Waals surface area contributed by atoms with Crippen molar-refractivity contribution < 1.29 is 23.7 Å². The molecule has 0 saturated carbocycles. The predicted molar refractivity (Wildman–Crippen MR) is 141 cm³/mol. The van der Waals surface area contributed by atoms with Crippen molar-refractivity contribution in [3.63, 3.8) is 0 Å². The van der Waals surface area contributed by atoms with Crippen molar-refractivity contribution in [3.8, 4) is 23.0 Å². The van der Waals surface area contributed by atoms with Gasteiger partial charge in [0.15, 0.2) is 11.5 Å². The molecule has 5 aromatic rings. The number of ether oxygens (including phenoxy) is 4. The number of rotatable bonds is 8. The molecule has 0 aliphatic carbocycles. The van der Waals surface area contributed by atoms with Crippen molar-refractivity contribution in [3.05, 3.63) is 90.1 Å². The van der Waals surface area contributed by atoms with Crippen LogP contribution < -0.4 is 24.3 Å². The zero-order valence-electron chi connectivity index (χ0n) is 20.3. The van der Waals surface area contributed by atoms with Crippen LogP contribution in [0.15, 0.2) is 78.9 Å². The first kappa shape index (κ1) is 23.1. The van der Waals surface area contributed by atoms with E-state index in [0.717, 1.165) is 21.7 Å². The summed E-state index contributed by atoms with van der Waals surface area (Å²) in [5.41, 5.74) is 2.71. The zero-order valence-corrected chi connectivity index (χ0v) is 20.3. The lowest BCUT2D eigenvalue weighted by Crippen LogP contribution is -2.12. The van der Waals surface area contributed by atoms with Gasteiger partial charge in [0.05, 0.1) is 26.8 Å². The first-order valence-corrected chi connectivity index (χ1v) is 11.4. The molecular formula is C29H26N2O5. The van der Waals surface area contributed by atoms with Crippen LogP contribution >= 0.6 is 0 Å². The van der Waals surface area contributed by atoms with Crippen LogP contribution in [0.3, 0.4) is 0 Å². The van der Waals surface area contributed by atoms with E-state index >= 15 is 0 Å². The normalized spacial score (nSPS) is 10.9. The first-order valence-electron chi connectivity index (χ1n) is 11.4. The van der Waals surface area contributed by atoms with Crippen LogP contribution in [0.2, 0.25) is 0 Å². The molecule has 1 amide bonds. The summed E-state index contributed by atoms with van der Waals surface area (Å²) in [5, 5.41) is 5.69. The van der Waals surface area contributed by atoms with Gasteiger partial charge in [-0.2, -0.15) is 0 Å². The quantitative estimate of drug-likeness (QED) is 0.276. The summed E-state index contributed by atoms with van der Waals surface area (Å²) in [7, 11) is 4.64. The Labute approximate surface area is 208 Å². The van der Waals surface area contributed by atoms with Gasteiger partial charge in [-0.25, -0.2) is 0 Å². The van der Waals surface area contributed by atoms with E-state index in [1.165, 1.54) is 0 Å². The number of carbonyl (C=O) groups is 1. The number of hydrogen-bond acceptors (Lipinski definition) is 5. The Kier molecular flexibility index (Phi) is 6.36. The second-order valence-corrected chi connectivity index (χ2v) is 8.22. The Morgan fingerprint density at radius 2 is 1.53 bits per heavy atom. The molecule has 0 spiro atoms. The maximum atomic E-state index is 13.2. The van der Waals surface area contributed by atoms with E-state index in [9.17, 15) is 4.79 Å². The molecular weight excluding hydrogens is 456 g/mol. The molecule has 0 aliphatic rings. The lowest BCUT2D eigenvalue weighted by Gasteiger charge is -2.13. The monoisotopic (exact) mass is 482 g/mol. The molecule has 0 unspecified atom stereocenters. The summed E-state index contributed by atoms with van der Waals surface area (Å²) in [6, 6.07) is 25.2. The molecule has 7 nitrogen and oxygen atoms in total. The van der Waals surface area contributed by atoms with E-state index in [1.807, 2.05) is 66.7 Å². The summed E-state index contributed by atoms with van der Waals surface area (Å²) >= 11 is 0. The molecule has 182 valence electrons. The fraction of sp³-hybridized carbons (Fsp3) is 0.138. The third-order valence-electron chi connectivity index (χ3n) is 5.98. The maximum Gasteiger partial charge on any atom is 0.272 e. The number of nitrogens with one attached hydrogen (secondary N) is 2. The van der Waals surface area contributed by atoms with Crippen molar-refractivity contribution in [2.45, 2.75) is 6.61 Å². The van der Waals surface area contributed by atoms with Crippen LogP contribution in [-0.4, -0.2) is 32.2 Å². The van der Waals surface area contributed by atoms with Gasteiger partial charge in [-0.1, -0.05) is 54.6 Å². The number of carbonyl (C=O) groups excluding carboxylic acids is 1. The summed E-state index contributed by atoms with van der Waals surface area (Å²) in [6.07, 6.45) is 0. The van der Waals surface area contributed by atoms with Crippen molar-refractivity contribution >= 4 is 33.3 Å². The first-order chi connectivity index (χ1) is 17.6. The van der Waals surface area contributed by atoms with Crippen LogP contribution in [0.5, 0.6) is 23.0 Å². The molecule has 1 aromatic heterocycles. The molecule has 0 bridgehead atoms. The van der Waals surface area contributed by atoms with Crippen LogP contribution in [0.1, 0.15) is 16.1 Å². The molecule has 4 aromatic carbocycles. The summed E-state index contributed by atoms with van der Waals surface area (Å²) < 4.78 is 22.6. The number of methoxy groups -OCH3 is 3. The minimum Gasteiger partial charge on any atom is -0.493 e. The van der Waals surface area contributed by atoms with E-state index < -0.39 is 0 Å². The highest BCUT2D eigenvalue weighted by molar-refractivity contribution is 6.08. The highest BCUT2D eigenvalue weighted by atomic mass is 16.5. The molecule has 36 heavy (non-hydrogen) atoms. The van der Waals surface area contributed by atoms with Crippen molar-refractivity contribution in [1.29, 1.82) is 0 Å². The Morgan fingerprint density at radius 3 is 2.28 bits per heavy atom. The Hall–Kier alpha value is -4.65. The van der Waals surface area contributed by atoms with Crippen LogP contribution in [0.4, 0.5) is 5.69 Å². The molecule has 2 N–H and O–H groups in total. The molecule has 0 atom stereocenters. The van der Waals surface area contributed by atoms with Crippen molar-refractivity contribution in [2.24, 2.45) is 0 Å². The van der Waals surface area contributed by atoms with Crippen LogP contribution in [0.25, 0.3) is 21.7 Å². The number of H-pyrrole nitrogens is 1. The third kappa shape index (κ3) is 4.38. The number of hydrogen-bond donors (Lipinski definition) is 2. The van der Waals surface area contributed by atoms with Gasteiger partial charge >= 0.3 is 0 Å². The number of amides is 1. The van der Waals surface area contributed by atoms with E-state index in [2.05, 4.69) is 10.3 Å². The summed E-state index contributed by atoms with van der Waals surface area (Å²) in [6.45, 7) is 0.424. The maximum absolute atomic E-state index is 13.2. The van der Waals surface area contributed by atoms with E-state index in [1.54, 1.807) is 33.5 Å². The van der Waals surface area contributed by atoms with Crippen molar-refractivity contribution in [1.82, 2.24) is 4.98 Å². The Bertz CT molecular complexity index is 1540. The number of aromatic amines is 1. The van der Waals surface area contributed by atoms with E-state index in [4.69, 9.17) is 18.9 Å². The van der Waals surface area contributed by atoms with Crippen LogP contribution in [0, 0.1) is 0 Å². The van der Waals surface area contributed by atoms with Crippen LogP contribution in [-0.2, 0) is 6.61 Å². The Balaban J connectivity index is 1.46. The van der Waals surface area contributed by atoms with E-state index in [-0.39, 0.29) is 5.91 Å². The second-order valence-electron chi connectivity index (χ2n) is 8.22. The average molecular weight is 483 g/mol. The molecule has 0 aliphatic heterocycles. The van der Waals surface area contributed by atoms with E-state index in [0.29, 0.717) is 46.5 Å². The second kappa shape index (κ2) is 9.92. The van der Waals surface area contributed by atoms with Gasteiger partial charge in [0, 0.05) is 22.5 Å². The highest BCUT2D eigenvalue weighted by Gasteiger charge is 2.20. The SMILES string of the molecule is COc1cc2cc(C(=O)Nc3cc(OCc4ccccc4)c4ccccc4c3)[nH]c2c(OC)c1OC. The molecule has 0 saturated heterocycles. The largest absolute Gasteiger partial charge is 0.493 e. The predicted octanol–water partition coefficient (Wildman–Crippen LogP) is 6.18. The fourth-order valence-electron chi connectivity index (χ4n) is 4.27. The lowest BCUT2D eigenvalue weighted by atomic mass is 10.1. The van der Waals surface area contributed by atoms with Gasteiger partial charge < -0.3 is 29.2 Å². The number of fused-ring (bicyclic) bond motifs is 2. The zero-order chi connectivity index (χ0) is 25.1. The standard InChI is InChI=1S/C29H26N2O5/c1-33-25-15-20-14-23(31-26(20)28(35-3)27(25)34-2)29(32)30-21-13-19-11-7-8-12-22(19)24(16-21)36-17-18-9-5-4-6-10-18/h4-16,31H,17H2,1-3H3,(H,30,32). The van der Waals surface area contributed by atoms with Gasteiger partial charge in [-0.05, 0) is 29.1 Å². The highest BCUT2D eigenvalue weighted by Crippen LogP contribution is 2.43. The summed E-state index contributed by atoms with van der Waals surface area (Å²) in [5.74, 6) is 1.84. The molecule has 7 heteroatoms. The van der Waals surface area contributed by atoms with Gasteiger partial charge in [-0.15, -0.1) is 0 Å². The molecule has 0 radical (unpaired) electrons. The number of aromatic nitrogens is 1. The minimum atomic E-state index is -0.296. The minimum absolute atomic E-state index is 0.296. The van der Waals surface area contributed by atoms with Crippen molar-refractivity contribution in [2.75, 3.05) is 26.6 Å². The van der Waals surface area contributed by atoms with Gasteiger partial charge in [0.25, 0.3) is 5.91 Å². The van der Waals surface area contributed by atoms with Gasteiger partial charge in [0.2, 0.25) is 5.75 Å². The number of benzene rings is 4. The lowest BCUT2D eigenvalue weighted by molar-refractivity contribution is 0.102. The fourth-order valence-corrected chi connectivity index (χ4v) is 4.27. The molecule has 5 rings (SSSR count). The molecule has 1 heterocycles. The number of anilines is 1. The van der Waals surface area contributed by atoms with Gasteiger partial charge in [0.1, 0.15) is 18.1 Å².